The van der Waals surface area contributed by atoms with Crippen LogP contribution in [-0.2, 0) is 4.79 Å². The van der Waals surface area contributed by atoms with Gasteiger partial charge in [0.1, 0.15) is 17.4 Å². The lowest BCUT2D eigenvalue weighted by Gasteiger charge is -2.28. The molecular weight excluding hydrogens is 456 g/mol. The molecular formula is C26H19ClN2O3S. The highest BCUT2D eigenvalue weighted by Crippen LogP contribution is 2.45. The number of halogens is 1. The fraction of sp³-hybridized carbons (Fsp3) is 0.154. The molecule has 164 valence electrons. The van der Waals surface area contributed by atoms with Gasteiger partial charge in [-0.3, -0.25) is 9.59 Å². The predicted octanol–water partition coefficient (Wildman–Crippen LogP) is 6.49. The van der Waals surface area contributed by atoms with Gasteiger partial charge in [-0.1, -0.05) is 29.8 Å². The number of rotatable bonds is 2. The fourth-order valence-corrected chi connectivity index (χ4v) is 5.72. The van der Waals surface area contributed by atoms with Crippen LogP contribution in [0.4, 0.5) is 11.4 Å². The second-order valence-corrected chi connectivity index (χ2v) is 9.75. The first-order valence-corrected chi connectivity index (χ1v) is 12.0. The van der Waals surface area contributed by atoms with Gasteiger partial charge in [-0.2, -0.15) is 0 Å². The fourth-order valence-electron chi connectivity index (χ4n) is 4.72. The number of hydrogen-bond donors (Lipinski definition) is 2. The van der Waals surface area contributed by atoms with E-state index in [1.54, 1.807) is 29.5 Å². The molecule has 0 saturated heterocycles. The van der Waals surface area contributed by atoms with Gasteiger partial charge in [-0.25, -0.2) is 0 Å². The van der Waals surface area contributed by atoms with Gasteiger partial charge >= 0.3 is 0 Å². The molecule has 0 amide bonds. The van der Waals surface area contributed by atoms with Crippen molar-refractivity contribution in [3.63, 3.8) is 0 Å². The van der Waals surface area contributed by atoms with Crippen LogP contribution in [0.1, 0.15) is 35.4 Å². The highest BCUT2D eigenvalue weighted by Gasteiger charge is 2.37. The van der Waals surface area contributed by atoms with Crippen LogP contribution in [-0.4, -0.2) is 5.78 Å². The molecule has 0 unspecified atom stereocenters. The minimum Gasteiger partial charge on any atom is -0.458 e. The summed E-state index contributed by atoms with van der Waals surface area (Å²) in [5, 5.41) is 9.90. The van der Waals surface area contributed by atoms with Gasteiger partial charge in [-0.05, 0) is 48.2 Å². The number of fused-ring (bicyclic) bond motifs is 2. The standard InChI is InChI=1S/C26H19ClN2O3S/c27-15-7-8-22-16(12-15)20(30)13-23(32-22)26-25-19(28-17-4-1-2-5-18(17)29-26)10-14(11-21(25)31)24-6-3-9-33-24/h1-9,12-14,26,28-29H,10-11H2/t14-,26+/m1/s1. The molecule has 33 heavy (non-hydrogen) atoms. The van der Waals surface area contributed by atoms with E-state index >= 15 is 0 Å². The summed E-state index contributed by atoms with van der Waals surface area (Å²) in [6.45, 7) is 0. The van der Waals surface area contributed by atoms with Crippen LogP contribution in [0.25, 0.3) is 11.0 Å². The normalized spacial score (nSPS) is 20.0. The number of carbonyl (C=O) groups is 1. The number of carbonyl (C=O) groups excluding carboxylic acids is 1. The summed E-state index contributed by atoms with van der Waals surface area (Å²) in [6, 6.07) is 17.8. The van der Waals surface area contributed by atoms with Crippen molar-refractivity contribution in [3.8, 4) is 0 Å². The quantitative estimate of drug-likeness (QED) is 0.347. The Bertz CT molecular complexity index is 1490. The van der Waals surface area contributed by atoms with Gasteiger partial charge in [0.25, 0.3) is 0 Å². The number of ketones is 1. The third-order valence-corrected chi connectivity index (χ3v) is 7.52. The van der Waals surface area contributed by atoms with Crippen molar-refractivity contribution in [3.05, 3.63) is 103 Å². The first-order valence-electron chi connectivity index (χ1n) is 10.7. The van der Waals surface area contributed by atoms with E-state index in [-0.39, 0.29) is 17.1 Å². The van der Waals surface area contributed by atoms with Crippen molar-refractivity contribution in [2.75, 3.05) is 10.6 Å². The van der Waals surface area contributed by atoms with Crippen molar-refractivity contribution in [2.45, 2.75) is 24.8 Å². The van der Waals surface area contributed by atoms with Crippen LogP contribution in [0.3, 0.4) is 0 Å². The summed E-state index contributed by atoms with van der Waals surface area (Å²) in [5.41, 5.74) is 3.47. The zero-order valence-corrected chi connectivity index (χ0v) is 19.0. The number of benzene rings is 2. The Labute approximate surface area is 198 Å². The van der Waals surface area contributed by atoms with Crippen LogP contribution < -0.4 is 16.1 Å². The number of para-hydroxylation sites is 2. The summed E-state index contributed by atoms with van der Waals surface area (Å²) in [6.07, 6.45) is 1.13. The van der Waals surface area contributed by atoms with Crippen molar-refractivity contribution in [1.29, 1.82) is 0 Å². The topological polar surface area (TPSA) is 71.3 Å². The van der Waals surface area contributed by atoms with Gasteiger partial charge in [0.2, 0.25) is 0 Å². The number of allylic oxidation sites excluding steroid dienone is 1. The van der Waals surface area contributed by atoms with Crippen molar-refractivity contribution >= 4 is 51.1 Å². The number of thiophene rings is 1. The molecule has 0 fully saturated rings. The molecule has 2 aromatic heterocycles. The SMILES string of the molecule is O=C1C[C@H](c2cccs2)CC2=C1[C@H](c1cc(=O)c3cc(Cl)ccc3o1)Nc1ccccc1N2. The molecule has 1 aliphatic carbocycles. The maximum atomic E-state index is 13.5. The largest absolute Gasteiger partial charge is 0.458 e. The average molecular weight is 475 g/mol. The van der Waals surface area contributed by atoms with Crippen LogP contribution in [0.15, 0.2) is 86.5 Å². The second-order valence-electron chi connectivity index (χ2n) is 8.34. The molecule has 6 rings (SSSR count). The molecule has 2 aliphatic rings. The minimum atomic E-state index is -0.583. The Hall–Kier alpha value is -3.35. The maximum Gasteiger partial charge on any atom is 0.193 e. The Balaban J connectivity index is 1.52. The predicted molar refractivity (Wildman–Crippen MR) is 132 cm³/mol. The molecule has 1 aliphatic heterocycles. The van der Waals surface area contributed by atoms with E-state index in [1.807, 2.05) is 35.7 Å². The lowest BCUT2D eigenvalue weighted by molar-refractivity contribution is -0.116. The molecule has 0 saturated carbocycles. The van der Waals surface area contributed by atoms with Crippen LogP contribution >= 0.6 is 22.9 Å². The third-order valence-electron chi connectivity index (χ3n) is 6.25. The van der Waals surface area contributed by atoms with E-state index in [1.165, 1.54) is 10.9 Å². The molecule has 2 aromatic carbocycles. The van der Waals surface area contributed by atoms with E-state index in [2.05, 4.69) is 16.7 Å². The summed E-state index contributed by atoms with van der Waals surface area (Å²) >= 11 is 7.75. The van der Waals surface area contributed by atoms with Crippen molar-refractivity contribution in [1.82, 2.24) is 0 Å². The number of Topliss-reactive ketones (excluding diaryl/α,β-unsaturated/α-hetero) is 1. The Morgan fingerprint density at radius 1 is 0.970 bits per heavy atom. The molecule has 0 spiro atoms. The summed E-state index contributed by atoms with van der Waals surface area (Å²) in [7, 11) is 0. The van der Waals surface area contributed by atoms with Gasteiger partial charge in [-0.15, -0.1) is 11.3 Å². The first-order chi connectivity index (χ1) is 16.1. The molecule has 0 radical (unpaired) electrons. The first kappa shape index (κ1) is 20.3. The van der Waals surface area contributed by atoms with E-state index in [0.29, 0.717) is 40.2 Å². The number of hydrogen-bond acceptors (Lipinski definition) is 6. The van der Waals surface area contributed by atoms with Gasteiger partial charge in [0, 0.05) is 39.6 Å². The van der Waals surface area contributed by atoms with Crippen molar-refractivity contribution < 1.29 is 9.21 Å². The zero-order valence-electron chi connectivity index (χ0n) is 17.4. The van der Waals surface area contributed by atoms with Gasteiger partial charge in [0.15, 0.2) is 11.2 Å². The average Bonchev–Trinajstić information content (AvgIpc) is 3.28. The highest BCUT2D eigenvalue weighted by atomic mass is 35.5. The molecule has 5 nitrogen and oxygen atoms in total. The van der Waals surface area contributed by atoms with Gasteiger partial charge in [0.05, 0.1) is 16.8 Å². The monoisotopic (exact) mass is 474 g/mol. The Morgan fingerprint density at radius 2 is 1.82 bits per heavy atom. The minimum absolute atomic E-state index is 0.0475. The molecule has 0 bridgehead atoms. The Morgan fingerprint density at radius 3 is 2.64 bits per heavy atom. The third kappa shape index (κ3) is 3.56. The highest BCUT2D eigenvalue weighted by molar-refractivity contribution is 7.10. The zero-order chi connectivity index (χ0) is 22.5. The lowest BCUT2D eigenvalue weighted by Crippen LogP contribution is -2.27. The smallest absolute Gasteiger partial charge is 0.193 e. The lowest BCUT2D eigenvalue weighted by atomic mass is 9.82. The molecule has 7 heteroatoms. The number of anilines is 2. The summed E-state index contributed by atoms with van der Waals surface area (Å²) in [4.78, 5) is 27.7. The molecule has 4 aromatic rings. The van der Waals surface area contributed by atoms with Gasteiger partial charge < -0.3 is 15.1 Å². The van der Waals surface area contributed by atoms with Crippen molar-refractivity contribution in [2.24, 2.45) is 0 Å². The van der Waals surface area contributed by atoms with Crippen LogP contribution in [0.5, 0.6) is 0 Å². The molecule has 3 heterocycles. The van der Waals surface area contributed by atoms with Crippen LogP contribution in [0.2, 0.25) is 5.02 Å². The number of nitrogens with one attached hydrogen (secondary N) is 2. The van der Waals surface area contributed by atoms with Crippen LogP contribution in [0, 0.1) is 0 Å². The van der Waals surface area contributed by atoms with E-state index < -0.39 is 6.04 Å². The van der Waals surface area contributed by atoms with E-state index in [9.17, 15) is 9.59 Å². The Kier molecular flexibility index (Phi) is 4.85. The molecule has 2 N–H and O–H groups in total. The maximum absolute atomic E-state index is 13.5. The van der Waals surface area contributed by atoms with E-state index in [4.69, 9.17) is 16.0 Å². The molecule has 2 atom stereocenters. The second kappa shape index (κ2) is 7.90. The van der Waals surface area contributed by atoms with E-state index in [0.717, 1.165) is 17.1 Å². The summed E-state index contributed by atoms with van der Waals surface area (Å²) in [5.74, 6) is 0.579. The summed E-state index contributed by atoms with van der Waals surface area (Å²) < 4.78 is 6.17.